The number of benzene rings is 1. The second-order valence-electron chi connectivity index (χ2n) is 6.56. The lowest BCUT2D eigenvalue weighted by molar-refractivity contribution is 0.274. The fourth-order valence-corrected chi connectivity index (χ4v) is 3.20. The van der Waals surface area contributed by atoms with Crippen LogP contribution in [-0.4, -0.2) is 46.2 Å². The molecule has 0 aliphatic carbocycles. The molecule has 3 aromatic rings. The van der Waals surface area contributed by atoms with Crippen molar-refractivity contribution in [2.45, 2.75) is 33.1 Å². The second-order valence-corrected chi connectivity index (χ2v) is 6.56. The molecule has 0 bridgehead atoms. The van der Waals surface area contributed by atoms with Crippen LogP contribution >= 0.6 is 0 Å². The Kier molecular flexibility index (Phi) is 6.70. The number of aromatic nitrogens is 3. The highest BCUT2D eigenvalue weighted by atomic mass is 19.1. The minimum Gasteiger partial charge on any atom is -0.369 e. The molecule has 0 saturated carbocycles. The minimum absolute atomic E-state index is 0.287. The van der Waals surface area contributed by atoms with Gasteiger partial charge in [0.1, 0.15) is 29.0 Å². The maximum absolute atomic E-state index is 13.2. The topological polar surface area (TPSA) is 67.1 Å². The van der Waals surface area contributed by atoms with Crippen LogP contribution in [0, 0.1) is 5.82 Å². The first kappa shape index (κ1) is 19.2. The van der Waals surface area contributed by atoms with Crippen LogP contribution in [0.25, 0.3) is 22.4 Å². The second kappa shape index (κ2) is 9.41. The zero-order valence-electron chi connectivity index (χ0n) is 15.9. The van der Waals surface area contributed by atoms with Crippen LogP contribution in [0.2, 0.25) is 0 Å². The maximum atomic E-state index is 13.2. The third-order valence-corrected chi connectivity index (χ3v) is 4.41. The number of rotatable bonds is 10. The number of nitrogens with one attached hydrogen (secondary N) is 1. The average Bonchev–Trinajstić information content (AvgIpc) is 3.11. The van der Waals surface area contributed by atoms with Crippen molar-refractivity contribution < 1.29 is 8.91 Å². The van der Waals surface area contributed by atoms with Crippen molar-refractivity contribution in [2.24, 2.45) is 0 Å². The zero-order valence-corrected chi connectivity index (χ0v) is 15.9. The van der Waals surface area contributed by atoms with Crippen molar-refractivity contribution in [2.75, 3.05) is 31.5 Å². The van der Waals surface area contributed by atoms with Gasteiger partial charge in [0.05, 0.1) is 0 Å². The summed E-state index contributed by atoms with van der Waals surface area (Å²) in [6.07, 6.45) is 4.82. The lowest BCUT2D eigenvalue weighted by atomic mass is 10.1. The first-order valence-corrected chi connectivity index (χ1v) is 9.55. The van der Waals surface area contributed by atoms with E-state index in [-0.39, 0.29) is 5.82 Å². The molecule has 144 valence electrons. The quantitative estimate of drug-likeness (QED) is 0.535. The molecule has 0 atom stereocenters. The molecule has 2 aromatic heterocycles. The number of halogens is 1. The van der Waals surface area contributed by atoms with Crippen LogP contribution in [0.4, 0.5) is 10.2 Å². The Hall–Kier alpha value is -2.54. The normalized spacial score (nSPS) is 11.4. The average molecular weight is 371 g/mol. The Morgan fingerprint density at radius 2 is 1.78 bits per heavy atom. The van der Waals surface area contributed by atoms with E-state index >= 15 is 0 Å². The Labute approximate surface area is 158 Å². The van der Waals surface area contributed by atoms with E-state index in [2.05, 4.69) is 39.2 Å². The summed E-state index contributed by atoms with van der Waals surface area (Å²) in [7, 11) is 0. The molecule has 0 radical (unpaired) electrons. The van der Waals surface area contributed by atoms with Gasteiger partial charge in [-0.05, 0) is 63.2 Å². The van der Waals surface area contributed by atoms with Gasteiger partial charge in [-0.15, -0.1) is 0 Å². The summed E-state index contributed by atoms with van der Waals surface area (Å²) in [6, 6.07) is 6.17. The smallest absolute Gasteiger partial charge is 0.263 e. The third kappa shape index (κ3) is 4.80. The molecule has 27 heavy (non-hydrogen) atoms. The van der Waals surface area contributed by atoms with Crippen LogP contribution in [0.3, 0.4) is 0 Å². The summed E-state index contributed by atoms with van der Waals surface area (Å²) in [5.74, 6) is 0.406. The van der Waals surface area contributed by atoms with Crippen molar-refractivity contribution in [3.8, 4) is 11.3 Å². The van der Waals surface area contributed by atoms with Crippen molar-refractivity contribution in [1.82, 2.24) is 20.0 Å². The van der Waals surface area contributed by atoms with Crippen LogP contribution in [0.1, 0.15) is 33.1 Å². The molecule has 0 saturated heterocycles. The minimum atomic E-state index is -0.287. The Balaban J connectivity index is 1.71. The first-order chi connectivity index (χ1) is 13.2. The lowest BCUT2D eigenvalue weighted by Gasteiger charge is -2.20. The molecule has 2 heterocycles. The van der Waals surface area contributed by atoms with Gasteiger partial charge in [0, 0.05) is 12.1 Å². The SMILES string of the molecule is CCCN(CCC)CCCNc1ncnc2onc(-c3ccc(F)cc3)c12. The van der Waals surface area contributed by atoms with Crippen LogP contribution < -0.4 is 5.32 Å². The fraction of sp³-hybridized carbons (Fsp3) is 0.450. The van der Waals surface area contributed by atoms with Gasteiger partial charge in [0.15, 0.2) is 0 Å². The molecule has 6 nitrogen and oxygen atoms in total. The summed E-state index contributed by atoms with van der Waals surface area (Å²) in [6.45, 7) is 8.53. The predicted molar refractivity (Wildman–Crippen MR) is 105 cm³/mol. The highest BCUT2D eigenvalue weighted by Gasteiger charge is 2.16. The third-order valence-electron chi connectivity index (χ3n) is 4.41. The molecule has 0 unspecified atom stereocenters. The molecular formula is C20H26FN5O. The van der Waals surface area contributed by atoms with Gasteiger partial charge in [-0.1, -0.05) is 19.0 Å². The molecular weight excluding hydrogens is 345 g/mol. The van der Waals surface area contributed by atoms with E-state index in [1.54, 1.807) is 12.1 Å². The molecule has 0 fully saturated rings. The van der Waals surface area contributed by atoms with Crippen molar-refractivity contribution >= 4 is 16.9 Å². The lowest BCUT2D eigenvalue weighted by Crippen LogP contribution is -2.27. The highest BCUT2D eigenvalue weighted by molar-refractivity contribution is 5.97. The molecule has 7 heteroatoms. The number of hydrogen-bond donors (Lipinski definition) is 1. The van der Waals surface area contributed by atoms with Gasteiger partial charge in [-0.25, -0.2) is 9.37 Å². The van der Waals surface area contributed by atoms with E-state index in [1.807, 2.05) is 0 Å². The monoisotopic (exact) mass is 371 g/mol. The summed E-state index contributed by atoms with van der Waals surface area (Å²) in [4.78, 5) is 11.0. The predicted octanol–water partition coefficient (Wildman–Crippen LogP) is 4.35. The molecule has 1 aromatic carbocycles. The van der Waals surface area contributed by atoms with E-state index in [0.29, 0.717) is 17.2 Å². The van der Waals surface area contributed by atoms with E-state index in [1.165, 1.54) is 31.3 Å². The molecule has 0 spiro atoms. The summed E-state index contributed by atoms with van der Waals surface area (Å²) in [5.41, 5.74) is 1.81. The number of fused-ring (bicyclic) bond motifs is 1. The van der Waals surface area contributed by atoms with Crippen LogP contribution in [0.15, 0.2) is 35.1 Å². The molecule has 0 aliphatic heterocycles. The van der Waals surface area contributed by atoms with E-state index in [9.17, 15) is 4.39 Å². The Morgan fingerprint density at radius 3 is 2.48 bits per heavy atom. The van der Waals surface area contributed by atoms with Crippen LogP contribution in [-0.2, 0) is 0 Å². The Bertz CT molecular complexity index is 843. The van der Waals surface area contributed by atoms with Crippen molar-refractivity contribution in [1.29, 1.82) is 0 Å². The maximum Gasteiger partial charge on any atom is 0.263 e. The van der Waals surface area contributed by atoms with Gasteiger partial charge in [-0.2, -0.15) is 4.98 Å². The molecule has 0 aliphatic rings. The van der Waals surface area contributed by atoms with E-state index in [4.69, 9.17) is 4.52 Å². The number of hydrogen-bond acceptors (Lipinski definition) is 6. The zero-order chi connectivity index (χ0) is 19.1. The summed E-state index contributed by atoms with van der Waals surface area (Å²) >= 11 is 0. The fourth-order valence-electron chi connectivity index (χ4n) is 3.20. The molecule has 3 rings (SSSR count). The van der Waals surface area contributed by atoms with E-state index < -0.39 is 0 Å². The van der Waals surface area contributed by atoms with E-state index in [0.717, 1.165) is 43.5 Å². The van der Waals surface area contributed by atoms with Crippen molar-refractivity contribution in [3.63, 3.8) is 0 Å². The number of nitrogens with zero attached hydrogens (tertiary/aromatic N) is 4. The van der Waals surface area contributed by atoms with Gasteiger partial charge < -0.3 is 14.7 Å². The molecule has 0 amide bonds. The van der Waals surface area contributed by atoms with Crippen molar-refractivity contribution in [3.05, 3.63) is 36.4 Å². The largest absolute Gasteiger partial charge is 0.369 e. The van der Waals surface area contributed by atoms with Gasteiger partial charge in [0.25, 0.3) is 5.71 Å². The van der Waals surface area contributed by atoms with Gasteiger partial charge in [-0.3, -0.25) is 0 Å². The standard InChI is InChI=1S/C20H26FN5O/c1-3-11-26(12-4-2)13-5-10-22-19-17-18(15-6-8-16(21)9-7-15)25-27-20(17)24-14-23-19/h6-9,14H,3-5,10-13H2,1-2H3,(H,22,23,24). The highest BCUT2D eigenvalue weighted by Crippen LogP contribution is 2.31. The summed E-state index contributed by atoms with van der Waals surface area (Å²) < 4.78 is 18.6. The van der Waals surface area contributed by atoms with Gasteiger partial charge >= 0.3 is 0 Å². The van der Waals surface area contributed by atoms with Crippen LogP contribution in [0.5, 0.6) is 0 Å². The first-order valence-electron chi connectivity index (χ1n) is 9.55. The van der Waals surface area contributed by atoms with Gasteiger partial charge in [0.2, 0.25) is 0 Å². The number of anilines is 1. The Morgan fingerprint density at radius 1 is 1.04 bits per heavy atom. The summed E-state index contributed by atoms with van der Waals surface area (Å²) in [5, 5.41) is 8.22. The molecule has 1 N–H and O–H groups in total.